The lowest BCUT2D eigenvalue weighted by Gasteiger charge is -2.18. The summed E-state index contributed by atoms with van der Waals surface area (Å²) in [7, 11) is 0. The first-order valence-corrected chi connectivity index (χ1v) is 9.07. The van der Waals surface area contributed by atoms with Crippen molar-refractivity contribution < 1.29 is 4.79 Å². The summed E-state index contributed by atoms with van der Waals surface area (Å²) < 4.78 is 2.31. The van der Waals surface area contributed by atoms with E-state index < -0.39 is 0 Å². The van der Waals surface area contributed by atoms with Crippen LogP contribution >= 0.6 is 23.2 Å². The molecule has 0 aliphatic carbocycles. The van der Waals surface area contributed by atoms with Gasteiger partial charge in [0.1, 0.15) is 5.88 Å². The first kappa shape index (κ1) is 16.5. The maximum atomic E-state index is 11.9. The van der Waals surface area contributed by atoms with E-state index in [9.17, 15) is 4.79 Å². The first-order chi connectivity index (χ1) is 12.2. The zero-order valence-corrected chi connectivity index (χ0v) is 15.0. The Hall–Kier alpha value is -2.01. The van der Waals surface area contributed by atoms with E-state index in [1.165, 1.54) is 5.69 Å². The Morgan fingerprint density at radius 3 is 2.76 bits per heavy atom. The Balaban J connectivity index is 2.07. The molecule has 4 rings (SSSR count). The van der Waals surface area contributed by atoms with Gasteiger partial charge in [0.15, 0.2) is 0 Å². The molecule has 0 radical (unpaired) electrons. The van der Waals surface area contributed by atoms with Crippen LogP contribution in [0.4, 0.5) is 5.69 Å². The van der Waals surface area contributed by atoms with Crippen molar-refractivity contribution >= 4 is 45.7 Å². The number of aromatic nitrogens is 1. The number of carbonyl (C=O) groups excluding carboxylic acids is 1. The Kier molecular flexibility index (Phi) is 4.42. The van der Waals surface area contributed by atoms with Gasteiger partial charge in [0.25, 0.3) is 0 Å². The molecule has 2 heterocycles. The lowest BCUT2D eigenvalue weighted by Crippen LogP contribution is -2.27. The molecular weight excluding hydrogens is 357 g/mol. The highest BCUT2D eigenvalue weighted by Crippen LogP contribution is 2.42. The molecule has 0 saturated heterocycles. The van der Waals surface area contributed by atoms with Crippen LogP contribution in [-0.4, -0.2) is 22.9 Å². The van der Waals surface area contributed by atoms with E-state index in [4.69, 9.17) is 23.2 Å². The highest BCUT2D eigenvalue weighted by atomic mass is 35.5. The number of alkyl halides is 1. The topological polar surface area (TPSA) is 46.1 Å². The number of nitrogens with one attached hydrogen (secondary N) is 2. The van der Waals surface area contributed by atoms with Gasteiger partial charge in [-0.2, -0.15) is 0 Å². The molecule has 6 heteroatoms. The summed E-state index contributed by atoms with van der Waals surface area (Å²) in [6, 6.07) is 14.0. The fraction of sp³-hybridized carbons (Fsp3) is 0.211. The number of benzene rings is 2. The van der Waals surface area contributed by atoms with Gasteiger partial charge in [0.05, 0.1) is 16.2 Å². The predicted octanol–water partition coefficient (Wildman–Crippen LogP) is 4.24. The van der Waals surface area contributed by atoms with E-state index in [1.54, 1.807) is 0 Å². The van der Waals surface area contributed by atoms with Crippen LogP contribution in [-0.2, 0) is 17.9 Å². The first-order valence-electron chi connectivity index (χ1n) is 8.16. The van der Waals surface area contributed by atoms with Crippen LogP contribution in [0.25, 0.3) is 22.0 Å². The van der Waals surface area contributed by atoms with Crippen molar-refractivity contribution in [3.63, 3.8) is 0 Å². The Labute approximate surface area is 155 Å². The number of carbonyl (C=O) groups is 1. The second kappa shape index (κ2) is 6.71. The van der Waals surface area contributed by atoms with Crippen LogP contribution in [0, 0.1) is 0 Å². The second-order valence-corrected chi connectivity index (χ2v) is 6.69. The van der Waals surface area contributed by atoms with Crippen LogP contribution < -0.4 is 10.6 Å². The molecule has 0 fully saturated rings. The number of amides is 1. The smallest absolute Gasteiger partial charge is 0.239 e. The van der Waals surface area contributed by atoms with Crippen LogP contribution in [0.1, 0.15) is 5.69 Å². The van der Waals surface area contributed by atoms with Crippen molar-refractivity contribution in [2.24, 2.45) is 0 Å². The standard InChI is InChI=1S/C19H17Cl2N3O/c20-10-16(25)23-19-13(21)6-7-14-18(19)17(12-4-2-1-3-5-12)15-11-22-8-9-24(14)15/h1-7,22H,8-11H2,(H,23,25). The number of fused-ring (bicyclic) bond motifs is 3. The van der Waals surface area contributed by atoms with Gasteiger partial charge in [-0.3, -0.25) is 4.79 Å². The summed E-state index contributed by atoms with van der Waals surface area (Å²) in [5, 5.41) is 7.80. The summed E-state index contributed by atoms with van der Waals surface area (Å²) in [4.78, 5) is 11.9. The van der Waals surface area contributed by atoms with Crippen LogP contribution in [0.2, 0.25) is 5.02 Å². The van der Waals surface area contributed by atoms with Crippen LogP contribution in [0.5, 0.6) is 0 Å². The maximum absolute atomic E-state index is 11.9. The number of hydrogen-bond acceptors (Lipinski definition) is 2. The summed E-state index contributed by atoms with van der Waals surface area (Å²) in [5.74, 6) is -0.375. The normalized spacial score (nSPS) is 13.7. The summed E-state index contributed by atoms with van der Waals surface area (Å²) in [6.07, 6.45) is 0. The molecule has 4 nitrogen and oxygen atoms in total. The van der Waals surface area contributed by atoms with Gasteiger partial charge in [-0.25, -0.2) is 0 Å². The van der Waals surface area contributed by atoms with Crippen molar-refractivity contribution in [3.8, 4) is 11.1 Å². The third kappa shape index (κ3) is 2.80. The van der Waals surface area contributed by atoms with Crippen molar-refractivity contribution in [1.82, 2.24) is 9.88 Å². The van der Waals surface area contributed by atoms with Gasteiger partial charge in [-0.1, -0.05) is 41.9 Å². The largest absolute Gasteiger partial charge is 0.341 e. The van der Waals surface area contributed by atoms with E-state index in [0.29, 0.717) is 10.7 Å². The van der Waals surface area contributed by atoms with E-state index in [2.05, 4.69) is 27.3 Å². The lowest BCUT2D eigenvalue weighted by atomic mass is 10.0. The summed E-state index contributed by atoms with van der Waals surface area (Å²) in [6.45, 7) is 2.57. The second-order valence-electron chi connectivity index (χ2n) is 6.01. The minimum atomic E-state index is -0.266. The van der Waals surface area contributed by atoms with Gasteiger partial charge in [0, 0.05) is 36.3 Å². The maximum Gasteiger partial charge on any atom is 0.239 e. The molecule has 0 spiro atoms. The van der Waals surface area contributed by atoms with Gasteiger partial charge >= 0.3 is 0 Å². The van der Waals surface area contributed by atoms with E-state index in [-0.39, 0.29) is 11.8 Å². The third-order valence-corrected chi connectivity index (χ3v) is 5.10. The fourth-order valence-corrected chi connectivity index (χ4v) is 3.79. The number of anilines is 1. The van der Waals surface area contributed by atoms with Gasteiger partial charge in [-0.15, -0.1) is 11.6 Å². The molecule has 1 aliphatic rings. The zero-order chi connectivity index (χ0) is 17.4. The molecule has 1 aromatic heterocycles. The van der Waals surface area contributed by atoms with Crippen molar-refractivity contribution in [2.75, 3.05) is 17.7 Å². The van der Waals surface area contributed by atoms with E-state index in [1.807, 2.05) is 30.3 Å². The average molecular weight is 374 g/mol. The Morgan fingerprint density at radius 1 is 1.20 bits per heavy atom. The molecule has 25 heavy (non-hydrogen) atoms. The zero-order valence-electron chi connectivity index (χ0n) is 13.5. The van der Waals surface area contributed by atoms with Gasteiger partial charge in [-0.05, 0) is 17.7 Å². The van der Waals surface area contributed by atoms with Crippen LogP contribution in [0.15, 0.2) is 42.5 Å². The van der Waals surface area contributed by atoms with E-state index in [0.717, 1.165) is 41.7 Å². The molecule has 128 valence electrons. The highest BCUT2D eigenvalue weighted by molar-refractivity contribution is 6.37. The lowest BCUT2D eigenvalue weighted by molar-refractivity contribution is -0.113. The monoisotopic (exact) mass is 373 g/mol. The molecule has 0 unspecified atom stereocenters. The Morgan fingerprint density at radius 2 is 2.00 bits per heavy atom. The molecule has 1 amide bonds. The van der Waals surface area contributed by atoms with Crippen molar-refractivity contribution in [1.29, 1.82) is 0 Å². The highest BCUT2D eigenvalue weighted by Gasteiger charge is 2.24. The molecule has 0 bridgehead atoms. The summed E-state index contributed by atoms with van der Waals surface area (Å²) >= 11 is 12.1. The number of rotatable bonds is 3. The number of nitrogens with zero attached hydrogens (tertiary/aromatic N) is 1. The molecule has 1 aliphatic heterocycles. The molecule has 0 saturated carbocycles. The predicted molar refractivity (Wildman–Crippen MR) is 103 cm³/mol. The van der Waals surface area contributed by atoms with Crippen LogP contribution in [0.3, 0.4) is 0 Å². The minimum Gasteiger partial charge on any atom is -0.341 e. The minimum absolute atomic E-state index is 0.109. The quantitative estimate of drug-likeness (QED) is 0.674. The average Bonchev–Trinajstić information content (AvgIpc) is 2.99. The molecule has 0 atom stereocenters. The Bertz CT molecular complexity index is 950. The fourth-order valence-electron chi connectivity index (χ4n) is 3.52. The SMILES string of the molecule is O=C(CCl)Nc1c(Cl)ccc2c1c(-c1ccccc1)c1n2CCNC1. The van der Waals surface area contributed by atoms with Crippen molar-refractivity contribution in [3.05, 3.63) is 53.2 Å². The van der Waals surface area contributed by atoms with Gasteiger partial charge in [0.2, 0.25) is 5.91 Å². The molecule has 3 aromatic rings. The molecular formula is C19H17Cl2N3O. The third-order valence-electron chi connectivity index (χ3n) is 4.54. The van der Waals surface area contributed by atoms with E-state index >= 15 is 0 Å². The molecule has 2 aromatic carbocycles. The number of halogens is 2. The van der Waals surface area contributed by atoms with Crippen molar-refractivity contribution in [2.45, 2.75) is 13.1 Å². The summed E-state index contributed by atoms with van der Waals surface area (Å²) in [5.41, 5.74) is 5.12. The molecule has 2 N–H and O–H groups in total. The van der Waals surface area contributed by atoms with Gasteiger partial charge < -0.3 is 15.2 Å². The number of hydrogen-bond donors (Lipinski definition) is 2.